The normalized spacial score (nSPS) is 10.8. The number of nitrogens with zero attached hydrogens (tertiary/aromatic N) is 1. The number of anilines is 1. The van der Waals surface area contributed by atoms with Crippen LogP contribution in [-0.2, 0) is 10.0 Å². The van der Waals surface area contributed by atoms with Crippen LogP contribution in [0.1, 0.15) is 30.1 Å². The first-order valence-corrected chi connectivity index (χ1v) is 10.2. The highest BCUT2D eigenvalue weighted by Crippen LogP contribution is 2.20. The number of carbonyl (C=O) groups excluding carboxylic acids is 2. The summed E-state index contributed by atoms with van der Waals surface area (Å²) in [6.07, 6.45) is 1.58. The number of rotatable bonds is 8. The summed E-state index contributed by atoms with van der Waals surface area (Å²) in [5, 5.41) is 15.9. The van der Waals surface area contributed by atoms with Gasteiger partial charge >= 0.3 is 6.03 Å². The molecular weight excluding hydrogens is 400 g/mol. The Morgan fingerprint density at radius 3 is 2.34 bits per heavy atom. The number of nitrogens with one attached hydrogen (secondary N) is 3. The third kappa shape index (κ3) is 6.01. The maximum atomic E-state index is 12.3. The molecule has 0 aliphatic heterocycles. The van der Waals surface area contributed by atoms with Crippen molar-refractivity contribution < 1.29 is 22.9 Å². The van der Waals surface area contributed by atoms with Crippen LogP contribution in [0.25, 0.3) is 0 Å². The highest BCUT2D eigenvalue weighted by molar-refractivity contribution is 7.90. The van der Waals surface area contributed by atoms with Gasteiger partial charge in [-0.1, -0.05) is 25.5 Å². The summed E-state index contributed by atoms with van der Waals surface area (Å²) in [4.78, 5) is 34.1. The molecule has 3 N–H and O–H groups in total. The molecule has 2 aromatic rings. The molecule has 0 aliphatic carbocycles. The maximum absolute atomic E-state index is 12.3. The SMILES string of the molecule is CCCCNC(=O)NS(=O)(=O)c1ccc(NC(=O)c2ccccc2[N+](=O)[O-])cc1. The summed E-state index contributed by atoms with van der Waals surface area (Å²) in [6, 6.07) is 9.68. The Kier molecular flexibility index (Phi) is 7.26. The minimum atomic E-state index is -4.08. The number of urea groups is 1. The van der Waals surface area contributed by atoms with E-state index < -0.39 is 26.9 Å². The first kappa shape index (κ1) is 21.8. The van der Waals surface area contributed by atoms with Crippen LogP contribution in [0.5, 0.6) is 0 Å². The Morgan fingerprint density at radius 1 is 1.07 bits per heavy atom. The lowest BCUT2D eigenvalue weighted by Gasteiger charge is -2.10. The molecule has 0 saturated heterocycles. The van der Waals surface area contributed by atoms with Gasteiger partial charge in [0.15, 0.2) is 0 Å². The number of para-hydroxylation sites is 1. The molecule has 0 radical (unpaired) electrons. The molecule has 0 aliphatic rings. The predicted octanol–water partition coefficient (Wildman–Crippen LogP) is 2.64. The molecule has 29 heavy (non-hydrogen) atoms. The summed E-state index contributed by atoms with van der Waals surface area (Å²) in [5.41, 5.74) is -0.235. The number of sulfonamides is 1. The second-order valence-corrected chi connectivity index (χ2v) is 7.65. The number of unbranched alkanes of at least 4 members (excludes halogenated alkanes) is 1. The molecule has 3 amide bonds. The Morgan fingerprint density at radius 2 is 1.72 bits per heavy atom. The second-order valence-electron chi connectivity index (χ2n) is 5.97. The minimum Gasteiger partial charge on any atom is -0.337 e. The van der Waals surface area contributed by atoms with Gasteiger partial charge in [-0.3, -0.25) is 14.9 Å². The van der Waals surface area contributed by atoms with Gasteiger partial charge < -0.3 is 10.6 Å². The van der Waals surface area contributed by atoms with E-state index in [9.17, 15) is 28.1 Å². The van der Waals surface area contributed by atoms with Crippen molar-refractivity contribution in [2.75, 3.05) is 11.9 Å². The molecule has 0 bridgehead atoms. The molecule has 0 aromatic heterocycles. The van der Waals surface area contributed by atoms with Gasteiger partial charge in [0.25, 0.3) is 21.6 Å². The van der Waals surface area contributed by atoms with Gasteiger partial charge in [0.05, 0.1) is 9.82 Å². The summed E-state index contributed by atoms with van der Waals surface area (Å²) in [7, 11) is -4.08. The zero-order chi connectivity index (χ0) is 21.4. The quantitative estimate of drug-likeness (QED) is 0.340. The molecule has 0 atom stereocenters. The summed E-state index contributed by atoms with van der Waals surface area (Å²) < 4.78 is 26.3. The standard InChI is InChI=1S/C18H20N4O6S/c1-2-3-12-19-18(24)21-29(27,28)14-10-8-13(9-11-14)20-17(23)15-6-4-5-7-16(15)22(25)26/h4-11H,2-3,12H2,1H3,(H,20,23)(H2,19,21,24). The predicted molar refractivity (Wildman–Crippen MR) is 106 cm³/mol. The smallest absolute Gasteiger partial charge is 0.328 e. The van der Waals surface area contributed by atoms with Crippen molar-refractivity contribution >= 4 is 33.3 Å². The van der Waals surface area contributed by atoms with Crippen molar-refractivity contribution in [3.05, 3.63) is 64.2 Å². The van der Waals surface area contributed by atoms with Crippen LogP contribution in [0.4, 0.5) is 16.2 Å². The zero-order valence-corrected chi connectivity index (χ0v) is 16.4. The third-order valence-electron chi connectivity index (χ3n) is 3.81. The number of hydrogen-bond acceptors (Lipinski definition) is 6. The molecule has 0 unspecified atom stereocenters. The third-order valence-corrected chi connectivity index (χ3v) is 5.16. The van der Waals surface area contributed by atoms with E-state index in [4.69, 9.17) is 0 Å². The average Bonchev–Trinajstić information content (AvgIpc) is 2.68. The van der Waals surface area contributed by atoms with Crippen LogP contribution in [0, 0.1) is 10.1 Å². The Hall–Kier alpha value is -3.47. The number of benzene rings is 2. The lowest BCUT2D eigenvalue weighted by Crippen LogP contribution is -2.39. The lowest BCUT2D eigenvalue weighted by atomic mass is 10.1. The van der Waals surface area contributed by atoms with E-state index in [0.29, 0.717) is 6.54 Å². The molecule has 2 rings (SSSR count). The van der Waals surface area contributed by atoms with E-state index in [-0.39, 0.29) is 21.8 Å². The average molecular weight is 420 g/mol. The van der Waals surface area contributed by atoms with Crippen molar-refractivity contribution in [2.24, 2.45) is 0 Å². The Bertz CT molecular complexity index is 1010. The van der Waals surface area contributed by atoms with E-state index in [1.165, 1.54) is 48.5 Å². The first-order valence-electron chi connectivity index (χ1n) is 8.70. The first-order chi connectivity index (χ1) is 13.7. The number of nitro benzene ring substituents is 1. The van der Waals surface area contributed by atoms with Crippen LogP contribution in [-0.4, -0.2) is 31.8 Å². The highest BCUT2D eigenvalue weighted by atomic mass is 32.2. The molecule has 0 heterocycles. The summed E-state index contributed by atoms with van der Waals surface area (Å²) >= 11 is 0. The van der Waals surface area contributed by atoms with E-state index in [1.807, 2.05) is 11.6 Å². The van der Waals surface area contributed by atoms with Gasteiger partial charge in [-0.25, -0.2) is 17.9 Å². The largest absolute Gasteiger partial charge is 0.337 e. The van der Waals surface area contributed by atoms with Gasteiger partial charge in [-0.15, -0.1) is 0 Å². The van der Waals surface area contributed by atoms with E-state index in [1.54, 1.807) is 0 Å². The van der Waals surface area contributed by atoms with Crippen molar-refractivity contribution in [1.82, 2.24) is 10.0 Å². The fourth-order valence-electron chi connectivity index (χ4n) is 2.34. The number of hydrogen-bond donors (Lipinski definition) is 3. The number of amides is 3. The fraction of sp³-hybridized carbons (Fsp3) is 0.222. The lowest BCUT2D eigenvalue weighted by molar-refractivity contribution is -0.385. The van der Waals surface area contributed by atoms with Crippen LogP contribution < -0.4 is 15.4 Å². The number of nitro groups is 1. The molecule has 10 nitrogen and oxygen atoms in total. The monoisotopic (exact) mass is 420 g/mol. The Balaban J connectivity index is 2.07. The highest BCUT2D eigenvalue weighted by Gasteiger charge is 2.20. The summed E-state index contributed by atoms with van der Waals surface area (Å²) in [6.45, 7) is 2.29. The van der Waals surface area contributed by atoms with Gasteiger partial charge in [-0.05, 0) is 36.8 Å². The molecule has 0 spiro atoms. The van der Waals surface area contributed by atoms with Crippen LogP contribution in [0.3, 0.4) is 0 Å². The molecule has 154 valence electrons. The van der Waals surface area contributed by atoms with E-state index in [2.05, 4.69) is 10.6 Å². The van der Waals surface area contributed by atoms with Gasteiger partial charge in [-0.2, -0.15) is 0 Å². The van der Waals surface area contributed by atoms with Crippen molar-refractivity contribution in [3.8, 4) is 0 Å². The van der Waals surface area contributed by atoms with Crippen LogP contribution in [0.2, 0.25) is 0 Å². The van der Waals surface area contributed by atoms with Gasteiger partial charge in [0.2, 0.25) is 0 Å². The van der Waals surface area contributed by atoms with Crippen molar-refractivity contribution in [3.63, 3.8) is 0 Å². The van der Waals surface area contributed by atoms with Crippen LogP contribution in [0.15, 0.2) is 53.4 Å². The number of carbonyl (C=O) groups is 2. The zero-order valence-electron chi connectivity index (χ0n) is 15.5. The fourth-order valence-corrected chi connectivity index (χ4v) is 3.26. The summed E-state index contributed by atoms with van der Waals surface area (Å²) in [5.74, 6) is -0.707. The van der Waals surface area contributed by atoms with E-state index >= 15 is 0 Å². The molecule has 11 heteroatoms. The Labute approximate surface area is 167 Å². The van der Waals surface area contributed by atoms with Gasteiger partial charge in [0, 0.05) is 18.3 Å². The van der Waals surface area contributed by atoms with Crippen LogP contribution >= 0.6 is 0 Å². The molecule has 0 fully saturated rings. The van der Waals surface area contributed by atoms with Crippen molar-refractivity contribution in [2.45, 2.75) is 24.7 Å². The van der Waals surface area contributed by atoms with Gasteiger partial charge in [0.1, 0.15) is 5.56 Å². The molecule has 0 saturated carbocycles. The minimum absolute atomic E-state index is 0.125. The topological polar surface area (TPSA) is 148 Å². The second kappa shape index (κ2) is 9.64. The van der Waals surface area contributed by atoms with E-state index in [0.717, 1.165) is 12.8 Å². The maximum Gasteiger partial charge on any atom is 0.328 e. The molecular formula is C18H20N4O6S. The van der Waals surface area contributed by atoms with Crippen molar-refractivity contribution in [1.29, 1.82) is 0 Å². The molecule has 2 aromatic carbocycles.